The molecule has 0 amide bonds. The molecule has 0 spiro atoms. The van der Waals surface area contributed by atoms with Crippen LogP contribution in [0, 0.1) is 35.5 Å². The Labute approximate surface area is 176 Å². The molecule has 5 rings (SSSR count). The van der Waals surface area contributed by atoms with E-state index in [1.807, 2.05) is 0 Å². The van der Waals surface area contributed by atoms with Gasteiger partial charge in [0.2, 0.25) is 0 Å². The number of fused-ring (bicyclic) bond motifs is 4. The second kappa shape index (κ2) is 8.40. The van der Waals surface area contributed by atoms with E-state index in [-0.39, 0.29) is 0 Å². The van der Waals surface area contributed by atoms with E-state index in [2.05, 4.69) is 61.6 Å². The number of hydrogen-bond donors (Lipinski definition) is 0. The Morgan fingerprint density at radius 1 is 0.759 bits per heavy atom. The van der Waals surface area contributed by atoms with E-state index in [4.69, 9.17) is 9.47 Å². The molecule has 0 aliphatic heterocycles. The lowest BCUT2D eigenvalue weighted by Crippen LogP contribution is -2.34. The van der Waals surface area contributed by atoms with Gasteiger partial charge < -0.3 is 9.47 Å². The maximum atomic E-state index is 6.60. The first kappa shape index (κ1) is 19.6. The zero-order valence-electron chi connectivity index (χ0n) is 17.8. The van der Waals surface area contributed by atoms with E-state index in [0.717, 1.165) is 68.0 Å². The molecule has 29 heavy (non-hydrogen) atoms. The predicted molar refractivity (Wildman–Crippen MR) is 117 cm³/mol. The average molecular weight is 393 g/mol. The van der Waals surface area contributed by atoms with Crippen LogP contribution >= 0.6 is 0 Å². The highest BCUT2D eigenvalue weighted by molar-refractivity contribution is 5.20. The Morgan fingerprint density at radius 2 is 1.31 bits per heavy atom. The van der Waals surface area contributed by atoms with Crippen molar-refractivity contribution in [2.75, 3.05) is 13.2 Å². The van der Waals surface area contributed by atoms with Crippen molar-refractivity contribution in [1.29, 1.82) is 0 Å². The van der Waals surface area contributed by atoms with Crippen molar-refractivity contribution in [3.8, 4) is 0 Å². The maximum Gasteiger partial charge on any atom is 0.194 e. The highest BCUT2D eigenvalue weighted by atomic mass is 16.7. The third kappa shape index (κ3) is 3.99. The van der Waals surface area contributed by atoms with Gasteiger partial charge in [-0.15, -0.1) is 0 Å². The number of hydrogen-bond acceptors (Lipinski definition) is 2. The summed E-state index contributed by atoms with van der Waals surface area (Å²) in [6.45, 7) is 3.79. The van der Waals surface area contributed by atoms with Crippen molar-refractivity contribution in [2.45, 2.75) is 57.7 Å². The number of ether oxygens (including phenoxy) is 2. The van der Waals surface area contributed by atoms with Gasteiger partial charge in [-0.05, 0) is 74.0 Å². The first-order chi connectivity index (χ1) is 14.3. The molecule has 6 unspecified atom stereocenters. The molecular weight excluding hydrogens is 356 g/mol. The van der Waals surface area contributed by atoms with Crippen molar-refractivity contribution >= 4 is 0 Å². The van der Waals surface area contributed by atoms with E-state index < -0.39 is 5.79 Å². The molecule has 2 nitrogen and oxygen atoms in total. The van der Waals surface area contributed by atoms with Crippen LogP contribution in [-0.2, 0) is 15.3 Å². The normalized spacial score (nSPS) is 36.2. The molecular formula is C27H36O2. The van der Waals surface area contributed by atoms with Gasteiger partial charge in [-0.2, -0.15) is 0 Å². The van der Waals surface area contributed by atoms with Crippen LogP contribution in [0.1, 0.15) is 57.4 Å². The summed E-state index contributed by atoms with van der Waals surface area (Å²) in [6, 6.07) is 10.6. The van der Waals surface area contributed by atoms with Gasteiger partial charge in [0.1, 0.15) is 0 Å². The molecule has 0 radical (unpaired) electrons. The van der Waals surface area contributed by atoms with Crippen molar-refractivity contribution in [1.82, 2.24) is 0 Å². The zero-order chi connectivity index (χ0) is 19.7. The minimum absolute atomic E-state index is 0.595. The summed E-state index contributed by atoms with van der Waals surface area (Å²) in [5.74, 6) is 4.27. The Morgan fingerprint density at radius 3 is 1.72 bits per heavy atom. The summed E-state index contributed by atoms with van der Waals surface area (Å²) in [5.41, 5.74) is 1.17. The SMILES string of the molecule is CCC(OCCC1CC2C=CC1C2)(OCCC1CC2C=CC1C2)c1ccccc1. The fourth-order valence-electron chi connectivity index (χ4n) is 6.51. The summed E-state index contributed by atoms with van der Waals surface area (Å²) < 4.78 is 13.2. The molecule has 156 valence electrons. The molecule has 1 aromatic carbocycles. The standard InChI is InChI=1S/C27H36O2/c1-2-27(26-6-4-3-5-7-26,28-14-12-24-18-20-8-10-22(24)16-20)29-15-13-25-19-21-9-11-23(25)17-21/h3-11,20-25H,2,12-19H2,1H3. The Balaban J connectivity index is 1.20. The second-order valence-electron chi connectivity index (χ2n) is 9.83. The zero-order valence-corrected chi connectivity index (χ0v) is 17.8. The van der Waals surface area contributed by atoms with Crippen LogP contribution in [0.3, 0.4) is 0 Å². The average Bonchev–Trinajstić information content (AvgIpc) is 3.55. The van der Waals surface area contributed by atoms with E-state index in [0.29, 0.717) is 0 Å². The first-order valence-electron chi connectivity index (χ1n) is 12.0. The maximum absolute atomic E-state index is 6.60. The lowest BCUT2D eigenvalue weighted by atomic mass is 9.91. The van der Waals surface area contributed by atoms with Crippen LogP contribution in [0.5, 0.6) is 0 Å². The number of rotatable bonds is 10. The fourth-order valence-corrected chi connectivity index (χ4v) is 6.51. The Hall–Kier alpha value is -1.38. The predicted octanol–water partition coefficient (Wildman–Crippen LogP) is 6.49. The van der Waals surface area contributed by atoms with Crippen LogP contribution in [-0.4, -0.2) is 13.2 Å². The Kier molecular flexibility index (Phi) is 5.67. The smallest absolute Gasteiger partial charge is 0.194 e. The van der Waals surface area contributed by atoms with Crippen LogP contribution in [0.15, 0.2) is 54.6 Å². The van der Waals surface area contributed by atoms with Gasteiger partial charge in [-0.25, -0.2) is 0 Å². The molecule has 0 heterocycles. The van der Waals surface area contributed by atoms with Gasteiger partial charge in [-0.3, -0.25) is 0 Å². The quantitative estimate of drug-likeness (QED) is 0.335. The highest BCUT2D eigenvalue weighted by Crippen LogP contribution is 2.46. The van der Waals surface area contributed by atoms with Crippen molar-refractivity contribution in [3.05, 3.63) is 60.2 Å². The van der Waals surface area contributed by atoms with Gasteiger partial charge in [0.05, 0.1) is 13.2 Å². The molecule has 6 atom stereocenters. The van der Waals surface area contributed by atoms with Crippen LogP contribution in [0.2, 0.25) is 0 Å². The molecule has 1 aromatic rings. The summed E-state index contributed by atoms with van der Waals surface area (Å²) in [6.07, 6.45) is 18.4. The van der Waals surface area contributed by atoms with E-state index >= 15 is 0 Å². The lowest BCUT2D eigenvalue weighted by Gasteiger charge is -2.35. The monoisotopic (exact) mass is 392 g/mol. The van der Waals surface area contributed by atoms with Crippen molar-refractivity contribution in [3.63, 3.8) is 0 Å². The lowest BCUT2D eigenvalue weighted by molar-refractivity contribution is -0.252. The molecule has 2 saturated carbocycles. The Bertz CT molecular complexity index is 696. The van der Waals surface area contributed by atoms with Crippen LogP contribution < -0.4 is 0 Å². The molecule has 0 N–H and O–H groups in total. The minimum Gasteiger partial charge on any atom is -0.346 e. The van der Waals surface area contributed by atoms with Gasteiger partial charge in [0.15, 0.2) is 5.79 Å². The third-order valence-corrected chi connectivity index (χ3v) is 8.16. The molecule has 0 aromatic heterocycles. The van der Waals surface area contributed by atoms with Crippen LogP contribution in [0.25, 0.3) is 0 Å². The van der Waals surface area contributed by atoms with Crippen molar-refractivity contribution < 1.29 is 9.47 Å². The topological polar surface area (TPSA) is 18.5 Å². The molecule has 4 aliphatic carbocycles. The summed E-state index contributed by atoms with van der Waals surface area (Å²) in [7, 11) is 0. The molecule has 0 saturated heterocycles. The van der Waals surface area contributed by atoms with E-state index in [1.165, 1.54) is 31.2 Å². The second-order valence-corrected chi connectivity index (χ2v) is 9.83. The number of allylic oxidation sites excluding steroid dienone is 4. The highest BCUT2D eigenvalue weighted by Gasteiger charge is 2.38. The first-order valence-corrected chi connectivity index (χ1v) is 12.0. The van der Waals surface area contributed by atoms with Gasteiger partial charge in [0.25, 0.3) is 0 Å². The van der Waals surface area contributed by atoms with Gasteiger partial charge in [0, 0.05) is 12.0 Å². The van der Waals surface area contributed by atoms with Gasteiger partial charge in [-0.1, -0.05) is 61.6 Å². The molecule has 2 heteroatoms. The third-order valence-electron chi connectivity index (χ3n) is 8.16. The van der Waals surface area contributed by atoms with Gasteiger partial charge >= 0.3 is 0 Å². The summed E-state index contributed by atoms with van der Waals surface area (Å²) in [4.78, 5) is 0. The largest absolute Gasteiger partial charge is 0.346 e. The van der Waals surface area contributed by atoms with E-state index in [9.17, 15) is 0 Å². The summed E-state index contributed by atoms with van der Waals surface area (Å²) in [5, 5.41) is 0. The fraction of sp³-hybridized carbons (Fsp3) is 0.630. The van der Waals surface area contributed by atoms with Crippen LogP contribution in [0.4, 0.5) is 0 Å². The summed E-state index contributed by atoms with van der Waals surface area (Å²) >= 11 is 0. The van der Waals surface area contributed by atoms with Crippen molar-refractivity contribution in [2.24, 2.45) is 35.5 Å². The number of benzene rings is 1. The molecule has 4 bridgehead atoms. The molecule has 4 aliphatic rings. The minimum atomic E-state index is -0.595. The van der Waals surface area contributed by atoms with E-state index in [1.54, 1.807) is 0 Å². The molecule has 2 fully saturated rings.